The average molecular weight is 253 g/mol. The highest BCUT2D eigenvalue weighted by Crippen LogP contribution is 2.31. The third-order valence-electron chi connectivity index (χ3n) is 4.21. The van der Waals surface area contributed by atoms with Crippen molar-refractivity contribution in [2.75, 3.05) is 19.6 Å². The number of nitrogens with zero attached hydrogens (tertiary/aromatic N) is 1. The number of amides is 2. The van der Waals surface area contributed by atoms with Crippen molar-refractivity contribution in [3.8, 4) is 0 Å². The first-order chi connectivity index (χ1) is 8.54. The average Bonchev–Trinajstić information content (AvgIpc) is 2.38. The molecule has 102 valence electrons. The Morgan fingerprint density at radius 3 is 2.72 bits per heavy atom. The van der Waals surface area contributed by atoms with E-state index in [-0.39, 0.29) is 17.2 Å². The summed E-state index contributed by atoms with van der Waals surface area (Å²) >= 11 is 0. The van der Waals surface area contributed by atoms with Gasteiger partial charge in [-0.05, 0) is 45.6 Å². The highest BCUT2D eigenvalue weighted by atomic mass is 16.2. The molecule has 0 aromatic heterocycles. The molecule has 2 saturated heterocycles. The van der Waals surface area contributed by atoms with Crippen molar-refractivity contribution < 1.29 is 9.59 Å². The van der Waals surface area contributed by atoms with Crippen LogP contribution in [0.5, 0.6) is 0 Å². The summed E-state index contributed by atoms with van der Waals surface area (Å²) in [6, 6.07) is -0.398. The molecule has 2 aliphatic rings. The van der Waals surface area contributed by atoms with Crippen LogP contribution in [0.1, 0.15) is 39.0 Å². The normalized spacial score (nSPS) is 33.2. The lowest BCUT2D eigenvalue weighted by Crippen LogP contribution is -2.57. The summed E-state index contributed by atoms with van der Waals surface area (Å²) in [7, 11) is 0. The van der Waals surface area contributed by atoms with Gasteiger partial charge in [-0.15, -0.1) is 0 Å². The molecule has 2 aliphatic heterocycles. The van der Waals surface area contributed by atoms with Gasteiger partial charge in [-0.3, -0.25) is 9.59 Å². The van der Waals surface area contributed by atoms with Crippen molar-refractivity contribution in [3.05, 3.63) is 0 Å². The molecular formula is C13H23N3O2. The van der Waals surface area contributed by atoms with Crippen molar-refractivity contribution >= 4 is 11.8 Å². The minimum Gasteiger partial charge on any atom is -0.368 e. The number of nitrogens with two attached hydrogens (primary N) is 1. The Morgan fingerprint density at radius 2 is 2.11 bits per heavy atom. The van der Waals surface area contributed by atoms with E-state index >= 15 is 0 Å². The number of hydrogen-bond donors (Lipinski definition) is 2. The van der Waals surface area contributed by atoms with Crippen LogP contribution < -0.4 is 11.1 Å². The minimum absolute atomic E-state index is 0.0956. The number of carbonyl (C=O) groups excluding carboxylic acids is 2. The second kappa shape index (κ2) is 5.26. The van der Waals surface area contributed by atoms with E-state index < -0.39 is 6.04 Å². The second-order valence-electron chi connectivity index (χ2n) is 5.75. The molecule has 2 amide bonds. The van der Waals surface area contributed by atoms with Crippen LogP contribution in [0.4, 0.5) is 0 Å². The fourth-order valence-corrected chi connectivity index (χ4v) is 3.06. The molecule has 0 aromatic carbocycles. The van der Waals surface area contributed by atoms with E-state index in [9.17, 15) is 9.59 Å². The lowest BCUT2D eigenvalue weighted by atomic mass is 9.80. The summed E-state index contributed by atoms with van der Waals surface area (Å²) in [4.78, 5) is 25.9. The van der Waals surface area contributed by atoms with E-state index in [1.807, 2.05) is 6.92 Å². The zero-order valence-corrected chi connectivity index (χ0v) is 11.1. The Hall–Kier alpha value is -1.10. The van der Waals surface area contributed by atoms with Crippen LogP contribution in [0, 0.1) is 5.41 Å². The number of piperidine rings is 2. The van der Waals surface area contributed by atoms with E-state index in [1.165, 1.54) is 0 Å². The molecule has 2 heterocycles. The lowest BCUT2D eigenvalue weighted by molar-refractivity contribution is -0.150. The van der Waals surface area contributed by atoms with Crippen LogP contribution in [0.25, 0.3) is 0 Å². The van der Waals surface area contributed by atoms with E-state index in [0.29, 0.717) is 19.5 Å². The summed E-state index contributed by atoms with van der Waals surface area (Å²) in [6.07, 6.45) is 4.56. The highest BCUT2D eigenvalue weighted by molar-refractivity contribution is 5.89. The molecule has 2 rings (SSSR count). The Morgan fingerprint density at radius 1 is 1.33 bits per heavy atom. The molecule has 0 saturated carbocycles. The number of nitrogens with one attached hydrogen (secondary N) is 1. The van der Waals surface area contributed by atoms with Gasteiger partial charge in [0.2, 0.25) is 11.8 Å². The first-order valence-corrected chi connectivity index (χ1v) is 6.86. The third-order valence-corrected chi connectivity index (χ3v) is 4.21. The predicted octanol–water partition coefficient (Wildman–Crippen LogP) is 0.243. The molecule has 2 atom stereocenters. The van der Waals surface area contributed by atoms with Gasteiger partial charge in [-0.2, -0.15) is 0 Å². The molecule has 0 bridgehead atoms. The number of likely N-dealkylation sites (tertiary alicyclic amines) is 1. The minimum atomic E-state index is -0.398. The summed E-state index contributed by atoms with van der Waals surface area (Å²) in [5.41, 5.74) is 5.05. The number of carbonyl (C=O) groups is 2. The maximum atomic E-state index is 12.7. The van der Waals surface area contributed by atoms with Gasteiger partial charge in [0, 0.05) is 13.1 Å². The molecule has 0 aromatic rings. The lowest BCUT2D eigenvalue weighted by Gasteiger charge is -2.41. The molecule has 5 heteroatoms. The molecule has 2 unspecified atom stereocenters. The largest absolute Gasteiger partial charge is 0.368 e. The molecule has 5 nitrogen and oxygen atoms in total. The standard InChI is InChI=1S/C13H23N3O2/c1-13(6-4-7-15-9-13)12(18)16-8-3-2-5-10(16)11(14)17/h10,15H,2-9H2,1H3,(H2,14,17). The summed E-state index contributed by atoms with van der Waals surface area (Å²) < 4.78 is 0. The van der Waals surface area contributed by atoms with Gasteiger partial charge in [0.05, 0.1) is 5.41 Å². The number of hydrogen-bond acceptors (Lipinski definition) is 3. The molecule has 3 N–H and O–H groups in total. The van der Waals surface area contributed by atoms with Crippen LogP contribution in [0.2, 0.25) is 0 Å². The van der Waals surface area contributed by atoms with E-state index in [2.05, 4.69) is 5.32 Å². The van der Waals surface area contributed by atoms with Crippen LogP contribution in [0.15, 0.2) is 0 Å². The molecule has 18 heavy (non-hydrogen) atoms. The Bertz CT molecular complexity index is 337. The summed E-state index contributed by atoms with van der Waals surface area (Å²) in [6.45, 7) is 4.34. The zero-order chi connectivity index (χ0) is 13.2. The quantitative estimate of drug-likeness (QED) is 0.740. The van der Waals surface area contributed by atoms with Gasteiger partial charge in [0.1, 0.15) is 6.04 Å². The third kappa shape index (κ3) is 2.51. The fourth-order valence-electron chi connectivity index (χ4n) is 3.06. The molecular weight excluding hydrogens is 230 g/mol. The van der Waals surface area contributed by atoms with Gasteiger partial charge >= 0.3 is 0 Å². The number of rotatable bonds is 2. The molecule has 0 aliphatic carbocycles. The first kappa shape index (κ1) is 13.3. The fraction of sp³-hybridized carbons (Fsp3) is 0.846. The highest BCUT2D eigenvalue weighted by Gasteiger charge is 2.41. The molecule has 0 radical (unpaired) electrons. The second-order valence-corrected chi connectivity index (χ2v) is 5.75. The Kier molecular flexibility index (Phi) is 3.90. The van der Waals surface area contributed by atoms with Crippen molar-refractivity contribution in [2.45, 2.75) is 45.1 Å². The van der Waals surface area contributed by atoms with Gasteiger partial charge in [-0.25, -0.2) is 0 Å². The SMILES string of the molecule is CC1(C(=O)N2CCCCC2C(N)=O)CCCNC1. The summed E-state index contributed by atoms with van der Waals surface area (Å²) in [5.74, 6) is -0.270. The maximum Gasteiger partial charge on any atom is 0.240 e. The smallest absolute Gasteiger partial charge is 0.240 e. The molecule has 2 fully saturated rings. The Labute approximate surface area is 108 Å². The summed E-state index contributed by atoms with van der Waals surface area (Å²) in [5, 5.41) is 3.28. The van der Waals surface area contributed by atoms with Crippen LogP contribution in [-0.2, 0) is 9.59 Å². The topological polar surface area (TPSA) is 75.4 Å². The van der Waals surface area contributed by atoms with Crippen LogP contribution >= 0.6 is 0 Å². The zero-order valence-electron chi connectivity index (χ0n) is 11.1. The van der Waals surface area contributed by atoms with Crippen LogP contribution in [0.3, 0.4) is 0 Å². The van der Waals surface area contributed by atoms with E-state index in [0.717, 1.165) is 32.2 Å². The van der Waals surface area contributed by atoms with Crippen molar-refractivity contribution in [3.63, 3.8) is 0 Å². The first-order valence-electron chi connectivity index (χ1n) is 6.86. The van der Waals surface area contributed by atoms with Crippen molar-refractivity contribution in [1.29, 1.82) is 0 Å². The monoisotopic (exact) mass is 253 g/mol. The van der Waals surface area contributed by atoms with E-state index in [4.69, 9.17) is 5.73 Å². The maximum absolute atomic E-state index is 12.7. The van der Waals surface area contributed by atoms with Crippen molar-refractivity contribution in [2.24, 2.45) is 11.1 Å². The van der Waals surface area contributed by atoms with Gasteiger partial charge in [0.25, 0.3) is 0 Å². The van der Waals surface area contributed by atoms with Gasteiger partial charge < -0.3 is 16.0 Å². The number of primary amides is 1. The van der Waals surface area contributed by atoms with E-state index in [1.54, 1.807) is 4.90 Å². The Balaban J connectivity index is 2.12. The van der Waals surface area contributed by atoms with Crippen molar-refractivity contribution in [1.82, 2.24) is 10.2 Å². The van der Waals surface area contributed by atoms with Gasteiger partial charge in [-0.1, -0.05) is 0 Å². The van der Waals surface area contributed by atoms with Gasteiger partial charge in [0.15, 0.2) is 0 Å². The predicted molar refractivity (Wildman–Crippen MR) is 68.8 cm³/mol. The molecule has 0 spiro atoms. The van der Waals surface area contributed by atoms with Crippen LogP contribution in [-0.4, -0.2) is 42.4 Å².